The van der Waals surface area contributed by atoms with Gasteiger partial charge in [0.25, 0.3) is 5.91 Å². The Morgan fingerprint density at radius 3 is 2.64 bits per heavy atom. The molecule has 1 fully saturated rings. The molecule has 1 aromatic carbocycles. The maximum absolute atomic E-state index is 12.6. The highest BCUT2D eigenvalue weighted by molar-refractivity contribution is 5.98. The van der Waals surface area contributed by atoms with Crippen LogP contribution < -0.4 is 11.1 Å². The summed E-state index contributed by atoms with van der Waals surface area (Å²) in [6, 6.07) is 4.98. The number of hydrogen-bond acceptors (Lipinski definition) is 5. The van der Waals surface area contributed by atoms with Crippen LogP contribution in [0.1, 0.15) is 41.4 Å². The third-order valence-electron chi connectivity index (χ3n) is 4.80. The second-order valence-corrected chi connectivity index (χ2v) is 6.84. The fourth-order valence-electron chi connectivity index (χ4n) is 3.08. The molecule has 2 aromatic rings. The molecule has 2 heterocycles. The minimum Gasteiger partial charge on any atom is -0.379 e. The first-order chi connectivity index (χ1) is 13.2. The number of carbonyl (C=O) groups is 1. The molecule has 0 saturated carbocycles. The number of alkyl halides is 3. The lowest BCUT2D eigenvalue weighted by molar-refractivity contribution is -0.206. The van der Waals surface area contributed by atoms with Crippen LogP contribution in [-0.2, 0) is 4.74 Å². The molecule has 10 heteroatoms. The summed E-state index contributed by atoms with van der Waals surface area (Å²) in [5.41, 5.74) is 5.72. The van der Waals surface area contributed by atoms with Crippen LogP contribution in [0.15, 0.2) is 30.5 Å². The monoisotopic (exact) mass is 398 g/mol. The summed E-state index contributed by atoms with van der Waals surface area (Å²) >= 11 is 0. The molecule has 1 amide bonds. The van der Waals surface area contributed by atoms with E-state index in [1.165, 1.54) is 12.1 Å². The van der Waals surface area contributed by atoms with Crippen molar-refractivity contribution in [2.45, 2.75) is 31.7 Å². The van der Waals surface area contributed by atoms with Crippen LogP contribution in [-0.4, -0.2) is 40.2 Å². The molecular formula is C18H21F3N4O3. The number of primary amides is 1. The topological polar surface area (TPSA) is 102 Å². The predicted octanol–water partition coefficient (Wildman–Crippen LogP) is 2.92. The van der Waals surface area contributed by atoms with E-state index in [1.807, 2.05) is 0 Å². The lowest BCUT2D eigenvalue weighted by Crippen LogP contribution is -2.28. The van der Waals surface area contributed by atoms with Crippen molar-refractivity contribution in [2.75, 3.05) is 18.5 Å². The van der Waals surface area contributed by atoms with Gasteiger partial charge in [0.2, 0.25) is 0 Å². The first kappa shape index (κ1) is 20.2. The summed E-state index contributed by atoms with van der Waals surface area (Å²) in [7, 11) is 0. The van der Waals surface area contributed by atoms with Gasteiger partial charge < -0.3 is 20.9 Å². The summed E-state index contributed by atoms with van der Waals surface area (Å²) in [4.78, 5) is 11.8. The van der Waals surface area contributed by atoms with Crippen LogP contribution in [0.2, 0.25) is 0 Å². The normalized spacial score (nSPS) is 21.3. The summed E-state index contributed by atoms with van der Waals surface area (Å²) < 4.78 is 44.9. The molecule has 0 spiro atoms. The second kappa shape index (κ2) is 7.80. The van der Waals surface area contributed by atoms with Crippen LogP contribution in [0, 0.1) is 5.92 Å². The highest BCUT2D eigenvalue weighted by atomic mass is 19.4. The maximum atomic E-state index is 12.6. The molecule has 0 radical (unpaired) electrons. The quantitative estimate of drug-likeness (QED) is 0.719. The van der Waals surface area contributed by atoms with Gasteiger partial charge in [-0.05, 0) is 30.0 Å². The number of nitrogens with two attached hydrogens (primary N) is 1. The van der Waals surface area contributed by atoms with Crippen LogP contribution >= 0.6 is 0 Å². The minimum atomic E-state index is -4.74. The molecule has 1 aliphatic heterocycles. The Hall–Kier alpha value is -2.59. The molecule has 1 aromatic heterocycles. The van der Waals surface area contributed by atoms with Gasteiger partial charge in [0.15, 0.2) is 11.9 Å². The van der Waals surface area contributed by atoms with E-state index in [-0.39, 0.29) is 23.0 Å². The Morgan fingerprint density at radius 1 is 1.39 bits per heavy atom. The van der Waals surface area contributed by atoms with E-state index < -0.39 is 18.2 Å². The Kier molecular flexibility index (Phi) is 5.61. The molecule has 0 bridgehead atoms. The molecular weight excluding hydrogens is 377 g/mol. The van der Waals surface area contributed by atoms with Gasteiger partial charge in [-0.15, -0.1) is 0 Å². The highest BCUT2D eigenvalue weighted by Gasteiger charge is 2.39. The van der Waals surface area contributed by atoms with Crippen LogP contribution in [0.25, 0.3) is 0 Å². The minimum absolute atomic E-state index is 0.0493. The van der Waals surface area contributed by atoms with Gasteiger partial charge in [0.1, 0.15) is 5.56 Å². The Balaban J connectivity index is 1.82. The first-order valence-electron chi connectivity index (χ1n) is 8.75. The molecule has 7 nitrogen and oxygen atoms in total. The number of anilines is 2. The maximum Gasteiger partial charge on any atom is 0.418 e. The third-order valence-corrected chi connectivity index (χ3v) is 4.80. The first-order valence-corrected chi connectivity index (χ1v) is 8.75. The highest BCUT2D eigenvalue weighted by Crippen LogP contribution is 2.33. The second-order valence-electron chi connectivity index (χ2n) is 6.84. The number of aliphatic hydroxyl groups excluding tert-OH is 1. The summed E-state index contributed by atoms with van der Waals surface area (Å²) in [5.74, 6) is -0.179. The van der Waals surface area contributed by atoms with Crippen molar-refractivity contribution in [3.63, 3.8) is 0 Å². The molecule has 152 valence electrons. The fourth-order valence-corrected chi connectivity index (χ4v) is 3.08. The van der Waals surface area contributed by atoms with E-state index in [1.54, 1.807) is 10.9 Å². The van der Waals surface area contributed by atoms with Gasteiger partial charge in [-0.2, -0.15) is 18.3 Å². The average molecular weight is 398 g/mol. The van der Waals surface area contributed by atoms with Gasteiger partial charge >= 0.3 is 6.18 Å². The van der Waals surface area contributed by atoms with E-state index >= 15 is 0 Å². The Morgan fingerprint density at radius 2 is 2.07 bits per heavy atom. The summed E-state index contributed by atoms with van der Waals surface area (Å²) in [5, 5.41) is 16.6. The lowest BCUT2D eigenvalue weighted by Gasteiger charge is -2.28. The van der Waals surface area contributed by atoms with E-state index in [2.05, 4.69) is 17.3 Å². The molecule has 28 heavy (non-hydrogen) atoms. The number of halogens is 3. The van der Waals surface area contributed by atoms with Gasteiger partial charge in [-0.25, -0.2) is 0 Å². The molecule has 0 unspecified atom stereocenters. The smallest absolute Gasteiger partial charge is 0.379 e. The molecule has 1 saturated heterocycles. The molecule has 3 atom stereocenters. The number of nitrogens with one attached hydrogen (secondary N) is 1. The summed E-state index contributed by atoms with van der Waals surface area (Å²) in [6.07, 6.45) is -4.90. The molecule has 3 rings (SSSR count). The number of amides is 1. The largest absolute Gasteiger partial charge is 0.418 e. The number of carbonyl (C=O) groups excluding carboxylic acids is 1. The van der Waals surface area contributed by atoms with Crippen molar-refractivity contribution in [2.24, 2.45) is 11.7 Å². The standard InChI is InChI=1S/C18H21F3N4O3/c1-10-6-7-28-9-14(10)25-8-13(16(22)27)17(24-25)23-12-4-2-11(3-5-12)15(26)18(19,20)21/h2-5,8,10,14-15,26H,6-7,9H2,1H3,(H2,22,27)(H,23,24)/t10-,14-,15+/m0/s1. The fraction of sp³-hybridized carbons (Fsp3) is 0.444. The number of ether oxygens (including phenoxy) is 1. The van der Waals surface area contributed by atoms with Crippen molar-refractivity contribution in [1.29, 1.82) is 0 Å². The Labute approximate surface area is 159 Å². The zero-order valence-corrected chi connectivity index (χ0v) is 15.1. The van der Waals surface area contributed by atoms with Crippen molar-refractivity contribution in [3.05, 3.63) is 41.6 Å². The van der Waals surface area contributed by atoms with Crippen LogP contribution in [0.4, 0.5) is 24.7 Å². The molecule has 0 aliphatic carbocycles. The zero-order valence-electron chi connectivity index (χ0n) is 15.1. The van der Waals surface area contributed by atoms with Gasteiger partial charge in [0, 0.05) is 18.5 Å². The van der Waals surface area contributed by atoms with E-state index in [0.717, 1.165) is 18.6 Å². The van der Waals surface area contributed by atoms with Crippen LogP contribution in [0.3, 0.4) is 0 Å². The van der Waals surface area contributed by atoms with E-state index in [9.17, 15) is 23.1 Å². The van der Waals surface area contributed by atoms with Gasteiger partial charge in [-0.3, -0.25) is 9.48 Å². The average Bonchev–Trinajstić information content (AvgIpc) is 3.05. The number of aromatic nitrogens is 2. The number of benzene rings is 1. The van der Waals surface area contributed by atoms with E-state index in [0.29, 0.717) is 24.8 Å². The Bertz CT molecular complexity index is 836. The molecule has 1 aliphatic rings. The zero-order chi connectivity index (χ0) is 20.5. The van der Waals surface area contributed by atoms with E-state index in [4.69, 9.17) is 10.5 Å². The SMILES string of the molecule is C[C@H]1CCOC[C@@H]1n1cc(C(N)=O)c(Nc2ccc([C@@H](O)C(F)(F)F)cc2)n1. The van der Waals surface area contributed by atoms with Crippen LogP contribution in [0.5, 0.6) is 0 Å². The van der Waals surface area contributed by atoms with Crippen molar-refractivity contribution >= 4 is 17.4 Å². The number of nitrogens with zero attached hydrogens (tertiary/aromatic N) is 2. The van der Waals surface area contributed by atoms with Gasteiger partial charge in [0.05, 0.1) is 12.6 Å². The number of aliphatic hydroxyl groups is 1. The predicted molar refractivity (Wildman–Crippen MR) is 95.1 cm³/mol. The summed E-state index contributed by atoms with van der Waals surface area (Å²) in [6.45, 7) is 3.20. The van der Waals surface area contributed by atoms with Crippen molar-refractivity contribution in [3.8, 4) is 0 Å². The third kappa shape index (κ3) is 4.28. The lowest BCUT2D eigenvalue weighted by atomic mass is 9.97. The van der Waals surface area contributed by atoms with Crippen molar-refractivity contribution < 1.29 is 27.8 Å². The number of hydrogen-bond donors (Lipinski definition) is 3. The van der Waals surface area contributed by atoms with Gasteiger partial charge in [-0.1, -0.05) is 19.1 Å². The van der Waals surface area contributed by atoms with Crippen molar-refractivity contribution in [1.82, 2.24) is 9.78 Å². The molecule has 4 N–H and O–H groups in total. The number of rotatable bonds is 5.